The summed E-state index contributed by atoms with van der Waals surface area (Å²) in [5, 5.41) is 18.3. The molecule has 0 aliphatic carbocycles. The lowest BCUT2D eigenvalue weighted by Crippen LogP contribution is -2.25. The maximum absolute atomic E-state index is 11.0. The van der Waals surface area contributed by atoms with Crippen LogP contribution >= 0.6 is 0 Å². The lowest BCUT2D eigenvalue weighted by Gasteiger charge is -2.08. The number of carbonyl (C=O) groups is 2. The molecule has 0 radical (unpaired) electrons. The molecular formula is C13H17NO4. The summed E-state index contributed by atoms with van der Waals surface area (Å²) in [5.74, 6) is -1.54. The van der Waals surface area contributed by atoms with Crippen molar-refractivity contribution in [1.82, 2.24) is 5.32 Å². The molecule has 1 rings (SSSR count). The van der Waals surface area contributed by atoms with Crippen molar-refractivity contribution < 1.29 is 19.8 Å². The highest BCUT2D eigenvalue weighted by Gasteiger charge is 2.13. The van der Waals surface area contributed by atoms with E-state index >= 15 is 0 Å². The first-order valence-electron chi connectivity index (χ1n) is 5.24. The Morgan fingerprint density at radius 2 is 1.56 bits per heavy atom. The van der Waals surface area contributed by atoms with Gasteiger partial charge in [-0.2, -0.15) is 0 Å². The van der Waals surface area contributed by atoms with Crippen LogP contribution in [0.4, 0.5) is 0 Å². The van der Waals surface area contributed by atoms with Crippen LogP contribution in [0.2, 0.25) is 0 Å². The number of aliphatic hydroxyl groups excluding tert-OH is 1. The van der Waals surface area contributed by atoms with E-state index in [-0.39, 0.29) is 5.70 Å². The van der Waals surface area contributed by atoms with Crippen LogP contribution in [0.1, 0.15) is 19.4 Å². The van der Waals surface area contributed by atoms with E-state index in [4.69, 9.17) is 10.2 Å². The minimum absolute atomic E-state index is 0.0845. The third-order valence-electron chi connectivity index (χ3n) is 2.10. The van der Waals surface area contributed by atoms with E-state index in [1.165, 1.54) is 6.92 Å². The number of amides is 1. The van der Waals surface area contributed by atoms with E-state index < -0.39 is 11.9 Å². The fourth-order valence-corrected chi connectivity index (χ4v) is 1.32. The molecule has 1 aromatic rings. The number of allylic oxidation sites excluding steroid dienone is 1. The van der Waals surface area contributed by atoms with Gasteiger partial charge in [0.1, 0.15) is 5.70 Å². The molecule has 18 heavy (non-hydrogen) atoms. The maximum Gasteiger partial charge on any atom is 0.352 e. The van der Waals surface area contributed by atoms with Gasteiger partial charge < -0.3 is 15.5 Å². The van der Waals surface area contributed by atoms with Crippen LogP contribution in [0.5, 0.6) is 0 Å². The second-order valence-corrected chi connectivity index (χ2v) is 3.35. The molecule has 0 spiro atoms. The molecule has 0 aromatic heterocycles. The fraction of sp³-hybridized carbons (Fsp3) is 0.231. The molecule has 5 nitrogen and oxygen atoms in total. The van der Waals surface area contributed by atoms with Gasteiger partial charge in [-0.05, 0) is 18.1 Å². The zero-order valence-electron chi connectivity index (χ0n) is 10.6. The summed E-state index contributed by atoms with van der Waals surface area (Å²) in [6, 6.07) is 9.05. The van der Waals surface area contributed by atoms with Crippen LogP contribution in [-0.2, 0) is 9.59 Å². The Hall–Kier alpha value is -2.14. The van der Waals surface area contributed by atoms with Crippen LogP contribution in [0.25, 0.3) is 5.57 Å². The lowest BCUT2D eigenvalue weighted by molar-refractivity contribution is -0.134. The zero-order valence-corrected chi connectivity index (χ0v) is 10.6. The molecule has 0 saturated carbocycles. The predicted octanol–water partition coefficient (Wildman–Crippen LogP) is 1.25. The van der Waals surface area contributed by atoms with Gasteiger partial charge in [-0.25, -0.2) is 4.79 Å². The SMILES string of the molecule is CC(=O)NC(C(=O)O)=C(C)c1ccccc1.CO. The van der Waals surface area contributed by atoms with Crippen molar-refractivity contribution >= 4 is 17.4 Å². The number of aliphatic hydroxyl groups is 1. The average molecular weight is 251 g/mol. The molecule has 1 aromatic carbocycles. The van der Waals surface area contributed by atoms with Gasteiger partial charge in [0.25, 0.3) is 0 Å². The van der Waals surface area contributed by atoms with Crippen LogP contribution in [0.15, 0.2) is 36.0 Å². The van der Waals surface area contributed by atoms with E-state index in [1.807, 2.05) is 18.2 Å². The second-order valence-electron chi connectivity index (χ2n) is 3.35. The number of aliphatic carboxylic acids is 1. The molecular weight excluding hydrogens is 234 g/mol. The van der Waals surface area contributed by atoms with Gasteiger partial charge in [0.2, 0.25) is 5.91 Å². The van der Waals surface area contributed by atoms with Crippen LogP contribution in [-0.4, -0.2) is 29.2 Å². The van der Waals surface area contributed by atoms with Crippen molar-refractivity contribution in [1.29, 1.82) is 0 Å². The van der Waals surface area contributed by atoms with Gasteiger partial charge in [0.05, 0.1) is 0 Å². The van der Waals surface area contributed by atoms with Crippen LogP contribution < -0.4 is 5.32 Å². The van der Waals surface area contributed by atoms with Gasteiger partial charge in [0, 0.05) is 14.0 Å². The number of carboxylic acid groups (broad SMARTS) is 1. The summed E-state index contributed by atoms with van der Waals surface area (Å²) < 4.78 is 0. The third-order valence-corrected chi connectivity index (χ3v) is 2.10. The highest BCUT2D eigenvalue weighted by atomic mass is 16.4. The molecule has 0 aliphatic rings. The van der Waals surface area contributed by atoms with E-state index in [9.17, 15) is 9.59 Å². The topological polar surface area (TPSA) is 86.6 Å². The zero-order chi connectivity index (χ0) is 14.1. The van der Waals surface area contributed by atoms with E-state index in [0.717, 1.165) is 12.7 Å². The number of carbonyl (C=O) groups excluding carboxylic acids is 1. The van der Waals surface area contributed by atoms with Crippen LogP contribution in [0, 0.1) is 0 Å². The average Bonchev–Trinajstić information content (AvgIpc) is 2.38. The monoisotopic (exact) mass is 251 g/mol. The number of rotatable bonds is 3. The van der Waals surface area contributed by atoms with E-state index in [2.05, 4.69) is 5.32 Å². The Morgan fingerprint density at radius 1 is 1.06 bits per heavy atom. The fourth-order valence-electron chi connectivity index (χ4n) is 1.32. The largest absolute Gasteiger partial charge is 0.477 e. The summed E-state index contributed by atoms with van der Waals surface area (Å²) >= 11 is 0. The van der Waals surface area contributed by atoms with E-state index in [1.54, 1.807) is 19.1 Å². The number of hydrogen-bond acceptors (Lipinski definition) is 3. The minimum Gasteiger partial charge on any atom is -0.477 e. The van der Waals surface area contributed by atoms with Gasteiger partial charge in [-0.15, -0.1) is 0 Å². The molecule has 5 heteroatoms. The van der Waals surface area contributed by atoms with Crippen molar-refractivity contribution in [3.8, 4) is 0 Å². The molecule has 98 valence electrons. The molecule has 1 amide bonds. The molecule has 0 bridgehead atoms. The normalized spacial score (nSPS) is 10.7. The Labute approximate surface area is 106 Å². The number of carboxylic acids is 1. The number of hydrogen-bond donors (Lipinski definition) is 3. The molecule has 0 atom stereocenters. The Balaban J connectivity index is 0.00000137. The smallest absolute Gasteiger partial charge is 0.352 e. The lowest BCUT2D eigenvalue weighted by atomic mass is 10.1. The summed E-state index contributed by atoms with van der Waals surface area (Å²) in [5.41, 5.74) is 1.22. The second kappa shape index (κ2) is 8.03. The van der Waals surface area contributed by atoms with Gasteiger partial charge in [-0.3, -0.25) is 4.79 Å². The Morgan fingerprint density at radius 3 is 1.94 bits per heavy atom. The maximum atomic E-state index is 11.0. The Kier molecular flexibility index (Phi) is 7.07. The summed E-state index contributed by atoms with van der Waals surface area (Å²) in [6.45, 7) is 2.94. The minimum atomic E-state index is -1.14. The van der Waals surface area contributed by atoms with E-state index in [0.29, 0.717) is 5.57 Å². The molecule has 0 saturated heterocycles. The van der Waals surface area contributed by atoms with Crippen LogP contribution in [0.3, 0.4) is 0 Å². The van der Waals surface area contributed by atoms with Crippen molar-refractivity contribution in [3.05, 3.63) is 41.6 Å². The first-order chi connectivity index (χ1) is 8.52. The molecule has 3 N–H and O–H groups in total. The van der Waals surface area contributed by atoms with Gasteiger partial charge in [0.15, 0.2) is 0 Å². The van der Waals surface area contributed by atoms with Gasteiger partial charge >= 0.3 is 5.97 Å². The van der Waals surface area contributed by atoms with Crippen molar-refractivity contribution in [2.24, 2.45) is 0 Å². The standard InChI is InChI=1S/C12H13NO3.CH4O/c1-8(10-6-4-3-5-7-10)11(12(15)16)13-9(2)14;1-2/h3-7H,1-2H3,(H,13,14)(H,15,16);2H,1H3. The van der Waals surface area contributed by atoms with Crippen molar-refractivity contribution in [2.45, 2.75) is 13.8 Å². The molecule has 0 fully saturated rings. The first-order valence-corrected chi connectivity index (χ1v) is 5.24. The summed E-state index contributed by atoms with van der Waals surface area (Å²) in [7, 11) is 1.00. The third kappa shape index (κ3) is 4.80. The quantitative estimate of drug-likeness (QED) is 0.705. The molecule has 0 aliphatic heterocycles. The number of benzene rings is 1. The molecule has 0 unspecified atom stereocenters. The highest BCUT2D eigenvalue weighted by Crippen LogP contribution is 2.16. The van der Waals surface area contributed by atoms with Gasteiger partial charge in [-0.1, -0.05) is 30.3 Å². The van der Waals surface area contributed by atoms with Crippen molar-refractivity contribution in [3.63, 3.8) is 0 Å². The van der Waals surface area contributed by atoms with Crippen molar-refractivity contribution in [2.75, 3.05) is 7.11 Å². The Bertz CT molecular complexity index is 438. The summed E-state index contributed by atoms with van der Waals surface area (Å²) in [4.78, 5) is 21.9. The highest BCUT2D eigenvalue weighted by molar-refractivity contribution is 5.99. The first kappa shape index (κ1) is 15.9. The summed E-state index contributed by atoms with van der Waals surface area (Å²) in [6.07, 6.45) is 0. The molecule has 0 heterocycles. The predicted molar refractivity (Wildman–Crippen MR) is 68.6 cm³/mol. The number of nitrogens with one attached hydrogen (secondary N) is 1.